The Labute approximate surface area is 121 Å². The molecule has 5 heteroatoms. The van der Waals surface area contributed by atoms with E-state index in [1.54, 1.807) is 0 Å². The van der Waals surface area contributed by atoms with Crippen LogP contribution in [0, 0.1) is 0 Å². The van der Waals surface area contributed by atoms with Crippen molar-refractivity contribution in [2.24, 2.45) is 14.1 Å². The molecule has 106 valence electrons. The van der Waals surface area contributed by atoms with E-state index < -0.39 is 0 Å². The summed E-state index contributed by atoms with van der Waals surface area (Å²) in [5.41, 5.74) is 3.68. The lowest BCUT2D eigenvalue weighted by Crippen LogP contribution is -2.16. The van der Waals surface area contributed by atoms with Crippen LogP contribution in [0.4, 0.5) is 0 Å². The lowest BCUT2D eigenvalue weighted by atomic mass is 10.1. The first kappa shape index (κ1) is 15.8. The summed E-state index contributed by atoms with van der Waals surface area (Å²) in [6.07, 6.45) is 2.07. The molecule has 0 aliphatic heterocycles. The zero-order valence-electron chi connectivity index (χ0n) is 12.1. The average Bonchev–Trinajstić information content (AvgIpc) is 2.87. The van der Waals surface area contributed by atoms with Gasteiger partial charge in [0.15, 0.2) is 0 Å². The standard InChI is InChI=1S/C14H22N4.ClH/c1-11(2)14-8-13(18(4)16-14)10-15-9-12-6-5-7-17(12)3;/h5-8,11,15H,9-10H2,1-4H3;1H. The maximum absolute atomic E-state index is 4.51. The van der Waals surface area contributed by atoms with Gasteiger partial charge in [0.25, 0.3) is 0 Å². The molecular formula is C14H23ClN4. The number of aryl methyl sites for hydroxylation is 2. The Hall–Kier alpha value is -1.26. The first-order chi connectivity index (χ1) is 8.58. The molecule has 0 spiro atoms. The minimum atomic E-state index is 0. The number of hydrogen-bond acceptors (Lipinski definition) is 2. The van der Waals surface area contributed by atoms with Gasteiger partial charge >= 0.3 is 0 Å². The highest BCUT2D eigenvalue weighted by Crippen LogP contribution is 2.13. The van der Waals surface area contributed by atoms with Crippen molar-refractivity contribution in [2.75, 3.05) is 0 Å². The molecule has 2 rings (SSSR count). The molecule has 0 atom stereocenters. The van der Waals surface area contributed by atoms with E-state index in [2.05, 4.69) is 60.3 Å². The smallest absolute Gasteiger partial charge is 0.0653 e. The number of nitrogens with one attached hydrogen (secondary N) is 1. The summed E-state index contributed by atoms with van der Waals surface area (Å²) < 4.78 is 4.10. The summed E-state index contributed by atoms with van der Waals surface area (Å²) in [5, 5.41) is 7.97. The van der Waals surface area contributed by atoms with Crippen LogP contribution < -0.4 is 5.32 Å². The van der Waals surface area contributed by atoms with Gasteiger partial charge in [-0.2, -0.15) is 5.10 Å². The molecule has 0 saturated carbocycles. The van der Waals surface area contributed by atoms with Gasteiger partial charge in [0.2, 0.25) is 0 Å². The number of rotatable bonds is 5. The van der Waals surface area contributed by atoms with Crippen molar-refractivity contribution in [1.29, 1.82) is 0 Å². The van der Waals surface area contributed by atoms with Crippen LogP contribution in [0.15, 0.2) is 24.4 Å². The summed E-state index contributed by atoms with van der Waals surface area (Å²) in [5.74, 6) is 0.484. The van der Waals surface area contributed by atoms with E-state index in [0.717, 1.165) is 18.8 Å². The van der Waals surface area contributed by atoms with Gasteiger partial charge in [-0.05, 0) is 24.1 Å². The van der Waals surface area contributed by atoms with Crippen molar-refractivity contribution < 1.29 is 0 Å². The fourth-order valence-electron chi connectivity index (χ4n) is 1.98. The molecule has 0 aliphatic rings. The number of hydrogen-bond donors (Lipinski definition) is 1. The predicted molar refractivity (Wildman–Crippen MR) is 80.5 cm³/mol. The summed E-state index contributed by atoms with van der Waals surface area (Å²) >= 11 is 0. The summed E-state index contributed by atoms with van der Waals surface area (Å²) in [4.78, 5) is 0. The van der Waals surface area contributed by atoms with Crippen molar-refractivity contribution in [2.45, 2.75) is 32.9 Å². The molecule has 0 bridgehead atoms. The van der Waals surface area contributed by atoms with Gasteiger partial charge < -0.3 is 9.88 Å². The fraction of sp³-hybridized carbons (Fsp3) is 0.500. The third kappa shape index (κ3) is 3.85. The normalized spacial score (nSPS) is 10.8. The number of nitrogens with zero attached hydrogens (tertiary/aromatic N) is 3. The zero-order valence-corrected chi connectivity index (χ0v) is 12.9. The second-order valence-electron chi connectivity index (χ2n) is 5.05. The predicted octanol–water partition coefficient (Wildman–Crippen LogP) is 2.59. The molecule has 0 amide bonds. The van der Waals surface area contributed by atoms with Gasteiger partial charge in [0.1, 0.15) is 0 Å². The maximum atomic E-state index is 4.51. The number of halogens is 1. The Morgan fingerprint density at radius 2 is 1.89 bits per heavy atom. The monoisotopic (exact) mass is 282 g/mol. The highest BCUT2D eigenvalue weighted by atomic mass is 35.5. The van der Waals surface area contributed by atoms with E-state index in [-0.39, 0.29) is 12.4 Å². The van der Waals surface area contributed by atoms with E-state index in [4.69, 9.17) is 0 Å². The Kier molecular flexibility index (Phi) is 5.63. The topological polar surface area (TPSA) is 34.8 Å². The molecule has 1 N–H and O–H groups in total. The first-order valence-corrected chi connectivity index (χ1v) is 6.41. The van der Waals surface area contributed by atoms with Crippen molar-refractivity contribution in [3.05, 3.63) is 41.5 Å². The van der Waals surface area contributed by atoms with Gasteiger partial charge in [0.05, 0.1) is 11.4 Å². The largest absolute Gasteiger partial charge is 0.353 e. The Morgan fingerprint density at radius 3 is 2.42 bits per heavy atom. The van der Waals surface area contributed by atoms with E-state index in [0.29, 0.717) is 5.92 Å². The molecule has 2 aromatic heterocycles. The maximum Gasteiger partial charge on any atom is 0.0653 e. The summed E-state index contributed by atoms with van der Waals surface area (Å²) in [6.45, 7) is 6.07. The molecule has 0 fully saturated rings. The average molecular weight is 283 g/mol. The van der Waals surface area contributed by atoms with Gasteiger partial charge in [-0.1, -0.05) is 13.8 Å². The molecule has 0 aromatic carbocycles. The zero-order chi connectivity index (χ0) is 13.1. The molecule has 0 saturated heterocycles. The second kappa shape index (κ2) is 6.78. The van der Waals surface area contributed by atoms with Crippen LogP contribution in [0.2, 0.25) is 0 Å². The van der Waals surface area contributed by atoms with E-state index in [9.17, 15) is 0 Å². The van der Waals surface area contributed by atoms with Crippen molar-refractivity contribution >= 4 is 12.4 Å². The van der Waals surface area contributed by atoms with Crippen LogP contribution >= 0.6 is 12.4 Å². The fourth-order valence-corrected chi connectivity index (χ4v) is 1.98. The van der Waals surface area contributed by atoms with Crippen LogP contribution in [0.1, 0.15) is 36.8 Å². The molecule has 2 heterocycles. The van der Waals surface area contributed by atoms with Gasteiger partial charge in [-0.3, -0.25) is 4.68 Å². The first-order valence-electron chi connectivity index (χ1n) is 6.41. The number of aromatic nitrogens is 3. The van der Waals surface area contributed by atoms with Crippen LogP contribution in [0.5, 0.6) is 0 Å². The van der Waals surface area contributed by atoms with E-state index >= 15 is 0 Å². The van der Waals surface area contributed by atoms with Crippen molar-refractivity contribution in [3.8, 4) is 0 Å². The molecule has 0 radical (unpaired) electrons. The Balaban J connectivity index is 0.00000180. The van der Waals surface area contributed by atoms with Crippen LogP contribution in [-0.2, 0) is 27.2 Å². The lowest BCUT2D eigenvalue weighted by Gasteiger charge is -2.06. The van der Waals surface area contributed by atoms with Gasteiger partial charge in [0, 0.05) is 39.1 Å². The minimum Gasteiger partial charge on any atom is -0.353 e. The van der Waals surface area contributed by atoms with Gasteiger partial charge in [-0.25, -0.2) is 0 Å². The molecule has 0 unspecified atom stereocenters. The Morgan fingerprint density at radius 1 is 1.21 bits per heavy atom. The SMILES string of the molecule is CC(C)c1cc(CNCc2cccn2C)n(C)n1.Cl. The lowest BCUT2D eigenvalue weighted by molar-refractivity contribution is 0.605. The van der Waals surface area contributed by atoms with Gasteiger partial charge in [-0.15, -0.1) is 12.4 Å². The van der Waals surface area contributed by atoms with Crippen LogP contribution in [-0.4, -0.2) is 14.3 Å². The molecule has 19 heavy (non-hydrogen) atoms. The second-order valence-corrected chi connectivity index (χ2v) is 5.05. The molecule has 0 aliphatic carbocycles. The third-order valence-corrected chi connectivity index (χ3v) is 3.25. The summed E-state index contributed by atoms with van der Waals surface area (Å²) in [7, 11) is 4.07. The highest BCUT2D eigenvalue weighted by Gasteiger charge is 2.07. The van der Waals surface area contributed by atoms with E-state index in [1.165, 1.54) is 11.4 Å². The quantitative estimate of drug-likeness (QED) is 0.915. The van der Waals surface area contributed by atoms with Crippen LogP contribution in [0.25, 0.3) is 0 Å². The van der Waals surface area contributed by atoms with E-state index in [1.807, 2.05) is 11.7 Å². The highest BCUT2D eigenvalue weighted by molar-refractivity contribution is 5.85. The third-order valence-electron chi connectivity index (χ3n) is 3.25. The minimum absolute atomic E-state index is 0. The summed E-state index contributed by atoms with van der Waals surface area (Å²) in [6, 6.07) is 6.39. The van der Waals surface area contributed by atoms with Crippen molar-refractivity contribution in [1.82, 2.24) is 19.7 Å². The molecule has 2 aromatic rings. The molecular weight excluding hydrogens is 260 g/mol. The Bertz CT molecular complexity index is 513. The molecule has 4 nitrogen and oxygen atoms in total. The van der Waals surface area contributed by atoms with Crippen LogP contribution in [0.3, 0.4) is 0 Å². The van der Waals surface area contributed by atoms with Crippen molar-refractivity contribution in [3.63, 3.8) is 0 Å².